The van der Waals surface area contributed by atoms with Crippen molar-refractivity contribution in [1.29, 1.82) is 0 Å². The predicted molar refractivity (Wildman–Crippen MR) is 84.8 cm³/mol. The van der Waals surface area contributed by atoms with Crippen LogP contribution in [0.3, 0.4) is 0 Å². The normalized spacial score (nSPS) is 18.8. The average molecular weight is 268 g/mol. The summed E-state index contributed by atoms with van der Waals surface area (Å²) in [5, 5.41) is 0. The lowest BCUT2D eigenvalue weighted by molar-refractivity contribution is 0.222. The Bertz CT molecular complexity index is 532. The second kappa shape index (κ2) is 6.18. The van der Waals surface area contributed by atoms with Crippen molar-refractivity contribution >= 4 is 0 Å². The lowest BCUT2D eigenvalue weighted by Gasteiger charge is -2.32. The number of hydrogen-bond donors (Lipinski definition) is 0. The van der Waals surface area contributed by atoms with Crippen LogP contribution in [0.25, 0.3) is 0 Å². The van der Waals surface area contributed by atoms with Gasteiger partial charge in [0.15, 0.2) is 0 Å². The van der Waals surface area contributed by atoms with Crippen LogP contribution in [-0.2, 0) is 0 Å². The van der Waals surface area contributed by atoms with E-state index in [9.17, 15) is 0 Å². The SMILES string of the molecule is COc1ccc(C#CC2=CCC(C(C)(C)C)CC2)cc1. The maximum Gasteiger partial charge on any atom is 0.118 e. The molecule has 0 spiro atoms. The lowest BCUT2D eigenvalue weighted by Crippen LogP contribution is -2.21. The highest BCUT2D eigenvalue weighted by Gasteiger charge is 2.25. The fraction of sp³-hybridized carbons (Fsp3) is 0.474. The summed E-state index contributed by atoms with van der Waals surface area (Å²) in [4.78, 5) is 0. The maximum absolute atomic E-state index is 5.15. The minimum atomic E-state index is 0.408. The third kappa shape index (κ3) is 3.90. The molecule has 1 unspecified atom stereocenters. The maximum atomic E-state index is 5.15. The van der Waals surface area contributed by atoms with Gasteiger partial charge in [-0.3, -0.25) is 0 Å². The van der Waals surface area contributed by atoms with Crippen LogP contribution in [0.4, 0.5) is 0 Å². The molecule has 106 valence electrons. The van der Waals surface area contributed by atoms with E-state index in [2.05, 4.69) is 38.7 Å². The summed E-state index contributed by atoms with van der Waals surface area (Å²) in [6.07, 6.45) is 5.86. The van der Waals surface area contributed by atoms with E-state index in [4.69, 9.17) is 4.74 Å². The highest BCUT2D eigenvalue weighted by Crippen LogP contribution is 2.36. The molecule has 0 radical (unpaired) electrons. The molecule has 1 aliphatic rings. The van der Waals surface area contributed by atoms with E-state index in [0.29, 0.717) is 5.41 Å². The van der Waals surface area contributed by atoms with Crippen molar-refractivity contribution in [3.8, 4) is 17.6 Å². The van der Waals surface area contributed by atoms with Gasteiger partial charge in [-0.15, -0.1) is 0 Å². The molecular weight excluding hydrogens is 244 g/mol. The number of allylic oxidation sites excluding steroid dienone is 2. The molecule has 0 aliphatic heterocycles. The average Bonchev–Trinajstić information content (AvgIpc) is 2.45. The van der Waals surface area contributed by atoms with Gasteiger partial charge in [-0.2, -0.15) is 0 Å². The number of benzene rings is 1. The van der Waals surface area contributed by atoms with Crippen molar-refractivity contribution in [1.82, 2.24) is 0 Å². The molecule has 1 atom stereocenters. The smallest absolute Gasteiger partial charge is 0.118 e. The zero-order valence-electron chi connectivity index (χ0n) is 13.0. The summed E-state index contributed by atoms with van der Waals surface area (Å²) in [6, 6.07) is 7.92. The van der Waals surface area contributed by atoms with Crippen LogP contribution >= 0.6 is 0 Å². The summed E-state index contributed by atoms with van der Waals surface area (Å²) < 4.78 is 5.15. The van der Waals surface area contributed by atoms with E-state index < -0.39 is 0 Å². The molecule has 0 heterocycles. The van der Waals surface area contributed by atoms with Gasteiger partial charge in [0, 0.05) is 5.56 Å². The first-order valence-electron chi connectivity index (χ1n) is 7.34. The lowest BCUT2D eigenvalue weighted by atomic mass is 9.73. The van der Waals surface area contributed by atoms with Crippen molar-refractivity contribution < 1.29 is 4.74 Å². The number of rotatable bonds is 1. The topological polar surface area (TPSA) is 9.23 Å². The zero-order chi connectivity index (χ0) is 14.6. The van der Waals surface area contributed by atoms with E-state index >= 15 is 0 Å². The van der Waals surface area contributed by atoms with Gasteiger partial charge in [-0.25, -0.2) is 0 Å². The Balaban J connectivity index is 2.01. The summed E-state index contributed by atoms with van der Waals surface area (Å²) in [5.41, 5.74) is 2.75. The van der Waals surface area contributed by atoms with Crippen LogP contribution in [0.1, 0.15) is 45.6 Å². The van der Waals surface area contributed by atoms with E-state index in [0.717, 1.165) is 30.1 Å². The third-order valence-corrected chi connectivity index (χ3v) is 4.09. The van der Waals surface area contributed by atoms with Crippen LogP contribution < -0.4 is 4.74 Å². The standard InChI is InChI=1S/C19H24O/c1-19(2,3)17-11-7-15(8-12-17)5-6-16-9-13-18(20-4)14-10-16/h7,9-10,13-14,17H,8,11-12H2,1-4H3. The molecule has 20 heavy (non-hydrogen) atoms. The molecule has 1 aromatic rings. The minimum absolute atomic E-state index is 0.408. The van der Waals surface area contributed by atoms with Gasteiger partial charge >= 0.3 is 0 Å². The number of hydrogen-bond acceptors (Lipinski definition) is 1. The van der Waals surface area contributed by atoms with E-state index in [-0.39, 0.29) is 0 Å². The van der Waals surface area contributed by atoms with Crippen molar-refractivity contribution in [2.75, 3.05) is 7.11 Å². The van der Waals surface area contributed by atoms with Gasteiger partial charge in [0.2, 0.25) is 0 Å². The molecule has 1 heteroatoms. The zero-order valence-corrected chi connectivity index (χ0v) is 13.0. The van der Waals surface area contributed by atoms with Gasteiger partial charge in [0.1, 0.15) is 5.75 Å². The van der Waals surface area contributed by atoms with E-state index in [1.165, 1.54) is 12.0 Å². The Kier molecular flexibility index (Phi) is 4.55. The molecule has 0 amide bonds. The first-order valence-corrected chi connectivity index (χ1v) is 7.34. The molecule has 0 saturated carbocycles. The Morgan fingerprint density at radius 2 is 1.80 bits per heavy atom. The predicted octanol–water partition coefficient (Wildman–Crippen LogP) is 4.82. The molecule has 0 aromatic heterocycles. The van der Waals surface area contributed by atoms with Crippen LogP contribution in [0.5, 0.6) is 5.75 Å². The van der Waals surface area contributed by atoms with Crippen molar-refractivity contribution in [3.63, 3.8) is 0 Å². The summed E-state index contributed by atoms with van der Waals surface area (Å²) in [5.74, 6) is 8.22. The van der Waals surface area contributed by atoms with E-state index in [1.54, 1.807) is 7.11 Å². The van der Waals surface area contributed by atoms with Gasteiger partial charge < -0.3 is 4.74 Å². The van der Waals surface area contributed by atoms with Crippen LogP contribution in [0.15, 0.2) is 35.9 Å². The fourth-order valence-corrected chi connectivity index (χ4v) is 2.56. The van der Waals surface area contributed by atoms with Crippen molar-refractivity contribution in [2.45, 2.75) is 40.0 Å². The van der Waals surface area contributed by atoms with Gasteiger partial charge in [-0.1, -0.05) is 38.7 Å². The van der Waals surface area contributed by atoms with Gasteiger partial charge in [0.05, 0.1) is 7.11 Å². The summed E-state index contributed by atoms with van der Waals surface area (Å²) >= 11 is 0. The highest BCUT2D eigenvalue weighted by molar-refractivity contribution is 5.43. The Morgan fingerprint density at radius 3 is 2.30 bits per heavy atom. The van der Waals surface area contributed by atoms with Crippen LogP contribution in [0.2, 0.25) is 0 Å². The Labute approximate surface area is 123 Å². The molecule has 1 aromatic carbocycles. The summed E-state index contributed by atoms with van der Waals surface area (Å²) in [7, 11) is 1.68. The first kappa shape index (κ1) is 14.7. The number of methoxy groups -OCH3 is 1. The molecule has 0 N–H and O–H groups in total. The monoisotopic (exact) mass is 268 g/mol. The molecule has 1 nitrogen and oxygen atoms in total. The molecule has 2 rings (SSSR count). The quantitative estimate of drug-likeness (QED) is 0.664. The molecule has 1 aliphatic carbocycles. The fourth-order valence-electron chi connectivity index (χ4n) is 2.56. The van der Waals surface area contributed by atoms with Gasteiger partial charge in [0.25, 0.3) is 0 Å². The number of ether oxygens (including phenoxy) is 1. The summed E-state index contributed by atoms with van der Waals surface area (Å²) in [6.45, 7) is 7.00. The van der Waals surface area contributed by atoms with Crippen molar-refractivity contribution in [3.05, 3.63) is 41.5 Å². The Hall–Kier alpha value is -1.68. The second-order valence-electron chi connectivity index (χ2n) is 6.55. The second-order valence-corrected chi connectivity index (χ2v) is 6.55. The van der Waals surface area contributed by atoms with Gasteiger partial charge in [-0.05, 0) is 60.4 Å². The van der Waals surface area contributed by atoms with Crippen molar-refractivity contribution in [2.24, 2.45) is 11.3 Å². The minimum Gasteiger partial charge on any atom is -0.497 e. The molecular formula is C19H24O. The molecule has 0 fully saturated rings. The van der Waals surface area contributed by atoms with Crippen LogP contribution in [-0.4, -0.2) is 7.11 Å². The highest BCUT2D eigenvalue weighted by atomic mass is 16.5. The first-order chi connectivity index (χ1) is 9.49. The van der Waals surface area contributed by atoms with E-state index in [1.807, 2.05) is 24.3 Å². The molecule has 0 bridgehead atoms. The molecule has 0 saturated heterocycles. The van der Waals surface area contributed by atoms with Crippen LogP contribution in [0, 0.1) is 23.2 Å². The largest absolute Gasteiger partial charge is 0.497 e. The Morgan fingerprint density at radius 1 is 1.10 bits per heavy atom. The third-order valence-electron chi connectivity index (χ3n) is 4.09.